The fourth-order valence-electron chi connectivity index (χ4n) is 2.84. The summed E-state index contributed by atoms with van der Waals surface area (Å²) < 4.78 is 6.87. The van der Waals surface area contributed by atoms with Crippen molar-refractivity contribution in [3.8, 4) is 5.69 Å². The van der Waals surface area contributed by atoms with Crippen molar-refractivity contribution in [2.24, 2.45) is 0 Å². The Hall–Kier alpha value is -2.38. The second kappa shape index (κ2) is 6.85. The molecule has 0 unspecified atom stereocenters. The Morgan fingerprint density at radius 1 is 1.28 bits per heavy atom. The zero-order chi connectivity index (χ0) is 18.1. The van der Waals surface area contributed by atoms with Gasteiger partial charge in [-0.05, 0) is 38.1 Å². The highest BCUT2D eigenvalue weighted by Crippen LogP contribution is 2.23. The summed E-state index contributed by atoms with van der Waals surface area (Å²) in [6, 6.07) is 5.89. The lowest BCUT2D eigenvalue weighted by molar-refractivity contribution is -0.147. The molecule has 2 heterocycles. The van der Waals surface area contributed by atoms with Crippen molar-refractivity contribution in [1.82, 2.24) is 14.7 Å². The molecule has 1 saturated heterocycles. The minimum Gasteiger partial charge on any atom is -0.480 e. The van der Waals surface area contributed by atoms with E-state index in [4.69, 9.17) is 16.3 Å². The van der Waals surface area contributed by atoms with Gasteiger partial charge in [-0.25, -0.2) is 9.48 Å². The highest BCUT2D eigenvalue weighted by atomic mass is 35.5. The highest BCUT2D eigenvalue weighted by Gasteiger charge is 2.33. The van der Waals surface area contributed by atoms with Crippen LogP contribution in [0.4, 0.5) is 0 Å². The molecule has 2 aromatic rings. The van der Waals surface area contributed by atoms with Crippen LogP contribution in [-0.2, 0) is 9.53 Å². The number of hydrogen-bond donors (Lipinski definition) is 1. The normalized spacial score (nSPS) is 17.6. The Kier molecular flexibility index (Phi) is 4.78. The summed E-state index contributed by atoms with van der Waals surface area (Å²) in [6.07, 6.45) is 0. The fourth-order valence-corrected chi connectivity index (χ4v) is 2.96. The highest BCUT2D eigenvalue weighted by molar-refractivity contribution is 6.31. The van der Waals surface area contributed by atoms with E-state index in [1.54, 1.807) is 28.9 Å². The quantitative estimate of drug-likeness (QED) is 0.902. The Balaban J connectivity index is 1.85. The Bertz CT molecular complexity index is 816. The van der Waals surface area contributed by atoms with E-state index in [0.717, 1.165) is 17.1 Å². The van der Waals surface area contributed by atoms with E-state index in [9.17, 15) is 14.7 Å². The van der Waals surface area contributed by atoms with Gasteiger partial charge in [0.1, 0.15) is 0 Å². The lowest BCUT2D eigenvalue weighted by Gasteiger charge is -2.32. The molecule has 0 bridgehead atoms. The predicted molar refractivity (Wildman–Crippen MR) is 91.3 cm³/mol. The number of carbonyl (C=O) groups is 2. The van der Waals surface area contributed by atoms with Crippen molar-refractivity contribution in [3.63, 3.8) is 0 Å². The molecule has 0 saturated carbocycles. The monoisotopic (exact) mass is 363 g/mol. The first-order valence-corrected chi connectivity index (χ1v) is 8.21. The third kappa shape index (κ3) is 3.25. The van der Waals surface area contributed by atoms with Gasteiger partial charge in [-0.3, -0.25) is 4.79 Å². The van der Waals surface area contributed by atoms with Crippen LogP contribution >= 0.6 is 11.6 Å². The lowest BCUT2D eigenvalue weighted by Crippen LogP contribution is -2.52. The second-order valence-electron chi connectivity index (χ2n) is 5.87. The van der Waals surface area contributed by atoms with Crippen LogP contribution in [0.25, 0.3) is 5.69 Å². The number of benzene rings is 1. The maximum absolute atomic E-state index is 12.7. The average Bonchev–Trinajstić information content (AvgIpc) is 2.88. The number of aryl methyl sites for hydroxylation is 1. The van der Waals surface area contributed by atoms with Gasteiger partial charge in [0.15, 0.2) is 6.04 Å². The molecule has 0 radical (unpaired) electrons. The van der Waals surface area contributed by atoms with Crippen LogP contribution in [0.2, 0.25) is 5.02 Å². The van der Waals surface area contributed by atoms with Crippen molar-refractivity contribution in [2.45, 2.75) is 19.9 Å². The van der Waals surface area contributed by atoms with Gasteiger partial charge in [0.05, 0.1) is 35.3 Å². The summed E-state index contributed by atoms with van der Waals surface area (Å²) in [4.78, 5) is 25.3. The van der Waals surface area contributed by atoms with Crippen molar-refractivity contribution in [3.05, 3.63) is 46.2 Å². The van der Waals surface area contributed by atoms with Gasteiger partial charge in [-0.15, -0.1) is 0 Å². The average molecular weight is 364 g/mol. The summed E-state index contributed by atoms with van der Waals surface area (Å²) in [5.74, 6) is -1.39. The molecule has 1 amide bonds. The summed E-state index contributed by atoms with van der Waals surface area (Å²) in [5, 5.41) is 14.2. The minimum absolute atomic E-state index is 0.00339. The molecule has 1 fully saturated rings. The van der Waals surface area contributed by atoms with E-state index in [2.05, 4.69) is 5.10 Å². The first-order chi connectivity index (χ1) is 11.9. The largest absolute Gasteiger partial charge is 0.480 e. The molecule has 0 spiro atoms. The number of aliphatic carboxylic acids is 1. The summed E-state index contributed by atoms with van der Waals surface area (Å²) in [5.41, 5.74) is 2.75. The zero-order valence-corrected chi connectivity index (χ0v) is 14.7. The topological polar surface area (TPSA) is 84.7 Å². The van der Waals surface area contributed by atoms with E-state index in [1.807, 2.05) is 13.8 Å². The van der Waals surface area contributed by atoms with Crippen molar-refractivity contribution < 1.29 is 19.4 Å². The predicted octanol–water partition coefficient (Wildman–Crippen LogP) is 2.07. The van der Waals surface area contributed by atoms with Gasteiger partial charge >= 0.3 is 5.97 Å². The minimum atomic E-state index is -1.07. The third-order valence-electron chi connectivity index (χ3n) is 4.24. The smallest absolute Gasteiger partial charge is 0.328 e. The number of nitrogens with zero attached hydrogens (tertiary/aromatic N) is 3. The van der Waals surface area contributed by atoms with Crippen LogP contribution < -0.4 is 0 Å². The molecule has 1 aromatic carbocycles. The van der Waals surface area contributed by atoms with E-state index in [-0.39, 0.29) is 19.1 Å². The van der Waals surface area contributed by atoms with Gasteiger partial charge in [-0.2, -0.15) is 5.10 Å². The van der Waals surface area contributed by atoms with Gasteiger partial charge in [-0.1, -0.05) is 11.6 Å². The molecule has 1 aliphatic heterocycles. The molecule has 1 atom stereocenters. The first-order valence-electron chi connectivity index (χ1n) is 7.84. The van der Waals surface area contributed by atoms with E-state index in [1.165, 1.54) is 4.90 Å². The molecular formula is C17H18ClN3O4. The number of hydrogen-bond acceptors (Lipinski definition) is 4. The van der Waals surface area contributed by atoms with Crippen molar-refractivity contribution >= 4 is 23.5 Å². The van der Waals surface area contributed by atoms with Gasteiger partial charge in [0, 0.05) is 12.1 Å². The van der Waals surface area contributed by atoms with Crippen LogP contribution in [-0.4, -0.2) is 57.5 Å². The number of rotatable bonds is 3. The van der Waals surface area contributed by atoms with Crippen LogP contribution in [0, 0.1) is 13.8 Å². The van der Waals surface area contributed by atoms with E-state index < -0.39 is 12.0 Å². The number of aromatic nitrogens is 2. The molecule has 0 aliphatic carbocycles. The Morgan fingerprint density at radius 2 is 1.96 bits per heavy atom. The van der Waals surface area contributed by atoms with Crippen LogP contribution in [0.3, 0.4) is 0 Å². The number of ether oxygens (including phenoxy) is 1. The summed E-state index contributed by atoms with van der Waals surface area (Å²) >= 11 is 6.17. The number of carboxylic acid groups (broad SMARTS) is 1. The molecular weight excluding hydrogens is 346 g/mol. The maximum atomic E-state index is 12.7. The molecule has 25 heavy (non-hydrogen) atoms. The molecule has 1 aliphatic rings. The van der Waals surface area contributed by atoms with Gasteiger partial charge < -0.3 is 14.7 Å². The second-order valence-corrected chi connectivity index (χ2v) is 6.25. The molecule has 8 heteroatoms. The zero-order valence-electron chi connectivity index (χ0n) is 13.9. The summed E-state index contributed by atoms with van der Waals surface area (Å²) in [6.45, 7) is 4.28. The molecule has 3 rings (SSSR count). The first kappa shape index (κ1) is 17.4. The molecule has 132 valence electrons. The van der Waals surface area contributed by atoms with Crippen LogP contribution in [0.1, 0.15) is 21.7 Å². The van der Waals surface area contributed by atoms with Crippen molar-refractivity contribution in [2.75, 3.05) is 19.8 Å². The maximum Gasteiger partial charge on any atom is 0.328 e. The van der Waals surface area contributed by atoms with E-state index in [0.29, 0.717) is 17.2 Å². The third-order valence-corrected chi connectivity index (χ3v) is 4.78. The lowest BCUT2D eigenvalue weighted by atomic mass is 10.1. The number of carbonyl (C=O) groups excluding carboxylic acids is 1. The Labute approximate surface area is 149 Å². The standard InChI is InChI=1S/C17H18ClN3O4/c1-10-15(18)11(2)21(19-10)13-5-3-12(4-6-13)16(22)20-7-8-25-9-14(20)17(23)24/h3-6,14H,7-9H2,1-2H3,(H,23,24)/t14-/m1/s1. The number of amides is 1. The van der Waals surface area contributed by atoms with Gasteiger partial charge in [0.25, 0.3) is 5.91 Å². The Morgan fingerprint density at radius 3 is 2.52 bits per heavy atom. The van der Waals surface area contributed by atoms with Gasteiger partial charge in [0.2, 0.25) is 0 Å². The van der Waals surface area contributed by atoms with E-state index >= 15 is 0 Å². The van der Waals surface area contributed by atoms with Crippen LogP contribution in [0.5, 0.6) is 0 Å². The summed E-state index contributed by atoms with van der Waals surface area (Å²) in [7, 11) is 0. The fraction of sp³-hybridized carbons (Fsp3) is 0.353. The molecule has 1 aromatic heterocycles. The van der Waals surface area contributed by atoms with Crippen LogP contribution in [0.15, 0.2) is 24.3 Å². The number of halogens is 1. The van der Waals surface area contributed by atoms with Crippen molar-refractivity contribution in [1.29, 1.82) is 0 Å². The molecule has 7 nitrogen and oxygen atoms in total. The molecule has 1 N–H and O–H groups in total. The SMILES string of the molecule is Cc1nn(-c2ccc(C(=O)N3CCOC[C@@H]3C(=O)O)cc2)c(C)c1Cl. The number of morpholine rings is 1. The number of carboxylic acids is 1.